The van der Waals surface area contributed by atoms with Gasteiger partial charge in [0, 0.05) is 24.8 Å². The van der Waals surface area contributed by atoms with E-state index in [9.17, 15) is 4.79 Å². The van der Waals surface area contributed by atoms with Crippen molar-refractivity contribution in [2.75, 3.05) is 20.6 Å². The van der Waals surface area contributed by atoms with Crippen molar-refractivity contribution in [1.29, 1.82) is 0 Å². The Morgan fingerprint density at radius 2 is 1.68 bits per heavy atom. The SMILES string of the molecule is CN(C)C(CNC(=O)NCc1cnn(Cc2ccccc2)c1)c1ccccc1. The lowest BCUT2D eigenvalue weighted by Crippen LogP contribution is -2.40. The second kappa shape index (κ2) is 9.71. The fourth-order valence-electron chi connectivity index (χ4n) is 3.06. The number of urea groups is 1. The molecule has 0 aliphatic heterocycles. The van der Waals surface area contributed by atoms with Crippen molar-refractivity contribution >= 4 is 6.03 Å². The van der Waals surface area contributed by atoms with E-state index in [0.717, 1.165) is 5.56 Å². The van der Waals surface area contributed by atoms with E-state index in [4.69, 9.17) is 0 Å². The monoisotopic (exact) mass is 377 g/mol. The number of hydrogen-bond acceptors (Lipinski definition) is 3. The van der Waals surface area contributed by atoms with Crippen LogP contribution in [0, 0.1) is 0 Å². The quantitative estimate of drug-likeness (QED) is 0.634. The average molecular weight is 377 g/mol. The maximum Gasteiger partial charge on any atom is 0.315 e. The van der Waals surface area contributed by atoms with Gasteiger partial charge in [-0.05, 0) is 25.2 Å². The van der Waals surface area contributed by atoms with Crippen molar-refractivity contribution < 1.29 is 4.79 Å². The molecule has 6 heteroatoms. The molecular weight excluding hydrogens is 350 g/mol. The van der Waals surface area contributed by atoms with E-state index in [1.165, 1.54) is 11.1 Å². The molecule has 3 aromatic rings. The van der Waals surface area contributed by atoms with Gasteiger partial charge in [-0.3, -0.25) is 4.68 Å². The van der Waals surface area contributed by atoms with Crippen LogP contribution in [0.1, 0.15) is 22.7 Å². The molecule has 0 aliphatic rings. The molecule has 28 heavy (non-hydrogen) atoms. The van der Waals surface area contributed by atoms with Crippen LogP contribution in [0.15, 0.2) is 73.1 Å². The van der Waals surface area contributed by atoms with Gasteiger partial charge in [-0.2, -0.15) is 5.10 Å². The summed E-state index contributed by atoms with van der Waals surface area (Å²) < 4.78 is 1.88. The third-order valence-corrected chi connectivity index (χ3v) is 4.59. The second-order valence-corrected chi connectivity index (χ2v) is 6.99. The van der Waals surface area contributed by atoms with E-state index < -0.39 is 0 Å². The number of likely N-dealkylation sites (N-methyl/N-ethyl adjacent to an activating group) is 1. The molecule has 1 atom stereocenters. The first-order valence-electron chi connectivity index (χ1n) is 9.40. The van der Waals surface area contributed by atoms with Crippen molar-refractivity contribution in [1.82, 2.24) is 25.3 Å². The smallest absolute Gasteiger partial charge is 0.315 e. The van der Waals surface area contributed by atoms with Crippen molar-refractivity contribution in [2.45, 2.75) is 19.1 Å². The highest BCUT2D eigenvalue weighted by Gasteiger charge is 2.14. The third kappa shape index (κ3) is 5.69. The molecule has 0 aliphatic carbocycles. The van der Waals surface area contributed by atoms with E-state index >= 15 is 0 Å². The largest absolute Gasteiger partial charge is 0.336 e. The lowest BCUT2D eigenvalue weighted by Gasteiger charge is -2.25. The molecule has 6 nitrogen and oxygen atoms in total. The second-order valence-electron chi connectivity index (χ2n) is 6.99. The maximum atomic E-state index is 12.2. The minimum atomic E-state index is -0.182. The predicted octanol–water partition coefficient (Wildman–Crippen LogP) is 3.03. The molecule has 0 fully saturated rings. The molecule has 2 amide bonds. The first-order valence-corrected chi connectivity index (χ1v) is 9.40. The Kier molecular flexibility index (Phi) is 6.81. The third-order valence-electron chi connectivity index (χ3n) is 4.59. The van der Waals surface area contributed by atoms with Crippen LogP contribution in [0.5, 0.6) is 0 Å². The Morgan fingerprint density at radius 3 is 2.36 bits per heavy atom. The van der Waals surface area contributed by atoms with E-state index in [-0.39, 0.29) is 12.1 Å². The highest BCUT2D eigenvalue weighted by atomic mass is 16.2. The maximum absolute atomic E-state index is 12.2. The number of carbonyl (C=O) groups is 1. The topological polar surface area (TPSA) is 62.2 Å². The molecule has 2 aromatic carbocycles. The Balaban J connectivity index is 1.46. The normalized spacial score (nSPS) is 12.0. The van der Waals surface area contributed by atoms with Gasteiger partial charge in [0.05, 0.1) is 18.8 Å². The van der Waals surface area contributed by atoms with Crippen LogP contribution in [0.2, 0.25) is 0 Å². The highest BCUT2D eigenvalue weighted by Crippen LogP contribution is 2.16. The first kappa shape index (κ1) is 19.6. The van der Waals surface area contributed by atoms with Gasteiger partial charge in [-0.1, -0.05) is 60.7 Å². The lowest BCUT2D eigenvalue weighted by atomic mass is 10.1. The van der Waals surface area contributed by atoms with Crippen LogP contribution in [-0.2, 0) is 13.1 Å². The number of nitrogens with one attached hydrogen (secondary N) is 2. The summed E-state index contributed by atoms with van der Waals surface area (Å²) in [7, 11) is 4.02. The van der Waals surface area contributed by atoms with Crippen molar-refractivity contribution in [3.8, 4) is 0 Å². The number of carbonyl (C=O) groups excluding carboxylic acids is 1. The predicted molar refractivity (Wildman–Crippen MR) is 111 cm³/mol. The Morgan fingerprint density at radius 1 is 1.00 bits per heavy atom. The molecule has 0 radical (unpaired) electrons. The van der Waals surface area contributed by atoms with Crippen LogP contribution in [0.25, 0.3) is 0 Å². The van der Waals surface area contributed by atoms with E-state index in [2.05, 4.69) is 44.9 Å². The molecule has 3 rings (SSSR count). The van der Waals surface area contributed by atoms with Gasteiger partial charge in [0.2, 0.25) is 0 Å². The summed E-state index contributed by atoms with van der Waals surface area (Å²) in [6.45, 7) is 1.70. The zero-order chi connectivity index (χ0) is 19.8. The molecule has 0 saturated heterocycles. The van der Waals surface area contributed by atoms with Gasteiger partial charge >= 0.3 is 6.03 Å². The Hall–Kier alpha value is -3.12. The summed E-state index contributed by atoms with van der Waals surface area (Å²) in [4.78, 5) is 14.3. The van der Waals surface area contributed by atoms with Gasteiger partial charge in [-0.15, -0.1) is 0 Å². The van der Waals surface area contributed by atoms with Crippen LogP contribution in [-0.4, -0.2) is 41.4 Å². The minimum Gasteiger partial charge on any atom is -0.336 e. The molecule has 1 unspecified atom stereocenters. The van der Waals surface area contributed by atoms with Crippen molar-refractivity contribution in [3.63, 3.8) is 0 Å². The molecule has 0 bridgehead atoms. The zero-order valence-electron chi connectivity index (χ0n) is 16.4. The Labute approximate surface area is 166 Å². The summed E-state index contributed by atoms with van der Waals surface area (Å²) >= 11 is 0. The number of aromatic nitrogens is 2. The fourth-order valence-corrected chi connectivity index (χ4v) is 3.06. The van der Waals surface area contributed by atoms with Crippen molar-refractivity contribution in [2.24, 2.45) is 0 Å². The van der Waals surface area contributed by atoms with Crippen LogP contribution < -0.4 is 10.6 Å². The van der Waals surface area contributed by atoms with Crippen LogP contribution in [0.3, 0.4) is 0 Å². The average Bonchev–Trinajstić information content (AvgIpc) is 3.15. The molecule has 0 saturated carbocycles. The molecule has 146 valence electrons. The van der Waals surface area contributed by atoms with E-state index in [0.29, 0.717) is 19.6 Å². The molecule has 0 spiro atoms. The van der Waals surface area contributed by atoms with Gasteiger partial charge in [0.25, 0.3) is 0 Å². The fraction of sp³-hybridized carbons (Fsp3) is 0.273. The summed E-state index contributed by atoms with van der Waals surface area (Å²) in [5.41, 5.74) is 3.34. The first-order chi connectivity index (χ1) is 13.6. The van der Waals surface area contributed by atoms with Crippen LogP contribution in [0.4, 0.5) is 4.79 Å². The van der Waals surface area contributed by atoms with Gasteiger partial charge in [0.1, 0.15) is 0 Å². The molecular formula is C22H27N5O. The summed E-state index contributed by atoms with van der Waals surface area (Å²) in [6.07, 6.45) is 3.75. The number of nitrogens with zero attached hydrogens (tertiary/aromatic N) is 3. The number of benzene rings is 2. The number of amides is 2. The Bertz CT molecular complexity index is 861. The van der Waals surface area contributed by atoms with Gasteiger partial charge < -0.3 is 15.5 Å². The minimum absolute atomic E-state index is 0.126. The number of hydrogen-bond donors (Lipinski definition) is 2. The standard InChI is InChI=1S/C22H27N5O/c1-26(2)21(20-11-7-4-8-12-20)15-24-22(28)23-13-19-14-25-27(17-19)16-18-9-5-3-6-10-18/h3-12,14,17,21H,13,15-16H2,1-2H3,(H2,23,24,28). The lowest BCUT2D eigenvalue weighted by molar-refractivity contribution is 0.232. The summed E-state index contributed by atoms with van der Waals surface area (Å²) in [5, 5.41) is 10.2. The van der Waals surface area contributed by atoms with Crippen LogP contribution >= 0.6 is 0 Å². The molecule has 1 heterocycles. The summed E-state index contributed by atoms with van der Waals surface area (Å²) in [5.74, 6) is 0. The van der Waals surface area contributed by atoms with Gasteiger partial charge in [0.15, 0.2) is 0 Å². The summed E-state index contributed by atoms with van der Waals surface area (Å²) in [6, 6.07) is 20.3. The van der Waals surface area contributed by atoms with Gasteiger partial charge in [-0.25, -0.2) is 4.79 Å². The molecule has 1 aromatic heterocycles. The highest BCUT2D eigenvalue weighted by molar-refractivity contribution is 5.73. The van der Waals surface area contributed by atoms with E-state index in [1.54, 1.807) is 6.20 Å². The number of rotatable bonds is 8. The van der Waals surface area contributed by atoms with E-state index in [1.807, 2.05) is 61.4 Å². The molecule has 2 N–H and O–H groups in total. The van der Waals surface area contributed by atoms with Crippen molar-refractivity contribution in [3.05, 3.63) is 89.7 Å². The zero-order valence-corrected chi connectivity index (χ0v) is 16.4.